The molecule has 0 aromatic carbocycles. The van der Waals surface area contributed by atoms with Crippen LogP contribution in [0.4, 0.5) is 14.5 Å². The van der Waals surface area contributed by atoms with Gasteiger partial charge in [-0.05, 0) is 0 Å². The van der Waals surface area contributed by atoms with Gasteiger partial charge in [0, 0.05) is 11.8 Å². The van der Waals surface area contributed by atoms with Gasteiger partial charge in [0.25, 0.3) is 0 Å². The lowest BCUT2D eigenvalue weighted by atomic mass is 10.3. The van der Waals surface area contributed by atoms with Crippen molar-refractivity contribution in [2.45, 2.75) is 19.3 Å². The molecule has 102 valence electrons. The van der Waals surface area contributed by atoms with Gasteiger partial charge in [-0.25, -0.2) is 9.59 Å². The second-order valence-electron chi connectivity index (χ2n) is 3.35. The van der Waals surface area contributed by atoms with E-state index in [-0.39, 0.29) is 16.3 Å². The van der Waals surface area contributed by atoms with Crippen LogP contribution in [0.5, 0.6) is 5.75 Å². The maximum atomic E-state index is 12.1. The van der Waals surface area contributed by atoms with E-state index in [9.17, 15) is 18.4 Å². The minimum Gasteiger partial charge on any atom is -0.432 e. The highest BCUT2D eigenvalue weighted by Gasteiger charge is 2.27. The second-order valence-corrected chi connectivity index (χ2v) is 4.23. The number of carbonyl (C=O) groups excluding carboxylic acids is 2. The largest absolute Gasteiger partial charge is 0.432 e. The first-order chi connectivity index (χ1) is 9.11. The molecule has 2 heterocycles. The van der Waals surface area contributed by atoms with Crippen LogP contribution in [-0.2, 0) is 14.3 Å². The molecule has 0 bridgehead atoms. The average molecular weight is 291 g/mol. The fourth-order valence-electron chi connectivity index (χ4n) is 1.29. The Morgan fingerprint density at radius 2 is 2.37 bits per heavy atom. The Balaban J connectivity index is 2.20. The van der Waals surface area contributed by atoms with E-state index in [1.165, 1.54) is 6.08 Å². The van der Waals surface area contributed by atoms with Gasteiger partial charge >= 0.3 is 12.6 Å². The maximum absolute atomic E-state index is 12.1. The van der Waals surface area contributed by atoms with Crippen molar-refractivity contribution in [3.63, 3.8) is 0 Å². The molecule has 19 heavy (non-hydrogen) atoms. The molecule has 1 unspecified atom stereocenters. The van der Waals surface area contributed by atoms with Crippen LogP contribution in [0.15, 0.2) is 10.4 Å². The summed E-state index contributed by atoms with van der Waals surface area (Å²) >= 11 is 0.782. The second kappa shape index (κ2) is 5.87. The van der Waals surface area contributed by atoms with Crippen LogP contribution in [0.3, 0.4) is 0 Å². The standard InChI is InChI=1S/C10H7F2NO5S/c11-10(12)17-5-3-19-8(7(5)13-4-14)9(15)18-6-1-2-16-6/h3,6,10H,1-2H2. The van der Waals surface area contributed by atoms with Crippen molar-refractivity contribution in [2.75, 3.05) is 6.61 Å². The minimum absolute atomic E-state index is 0.116. The molecule has 6 nitrogen and oxygen atoms in total. The van der Waals surface area contributed by atoms with Crippen molar-refractivity contribution < 1.29 is 32.6 Å². The lowest BCUT2D eigenvalue weighted by Gasteiger charge is -2.25. The summed E-state index contributed by atoms with van der Waals surface area (Å²) in [5, 5.41) is 1.14. The zero-order chi connectivity index (χ0) is 13.8. The van der Waals surface area contributed by atoms with E-state index in [0.29, 0.717) is 13.0 Å². The van der Waals surface area contributed by atoms with E-state index >= 15 is 0 Å². The first-order valence-electron chi connectivity index (χ1n) is 5.08. The summed E-state index contributed by atoms with van der Waals surface area (Å²) in [5.74, 6) is -1.18. The number of nitrogens with zero attached hydrogens (tertiary/aromatic N) is 1. The number of thiophene rings is 1. The first kappa shape index (κ1) is 13.6. The van der Waals surface area contributed by atoms with Gasteiger partial charge in [0.2, 0.25) is 12.4 Å². The third-order valence-electron chi connectivity index (χ3n) is 2.19. The van der Waals surface area contributed by atoms with Crippen molar-refractivity contribution >= 4 is 29.1 Å². The Morgan fingerprint density at radius 1 is 1.63 bits per heavy atom. The van der Waals surface area contributed by atoms with E-state index in [2.05, 4.69) is 9.73 Å². The van der Waals surface area contributed by atoms with Crippen LogP contribution >= 0.6 is 11.3 Å². The van der Waals surface area contributed by atoms with Gasteiger partial charge < -0.3 is 14.2 Å². The molecule has 0 N–H and O–H groups in total. The molecule has 0 saturated carbocycles. The lowest BCUT2D eigenvalue weighted by molar-refractivity contribution is -0.184. The Morgan fingerprint density at radius 3 is 2.89 bits per heavy atom. The highest BCUT2D eigenvalue weighted by molar-refractivity contribution is 7.13. The number of rotatable bonds is 5. The predicted octanol–water partition coefficient (Wildman–Crippen LogP) is 2.22. The van der Waals surface area contributed by atoms with Gasteiger partial charge in [-0.15, -0.1) is 11.3 Å². The first-order valence-corrected chi connectivity index (χ1v) is 5.96. The molecule has 0 radical (unpaired) electrons. The van der Waals surface area contributed by atoms with Gasteiger partial charge in [-0.3, -0.25) is 0 Å². The number of carbonyl (C=O) groups is 1. The number of alkyl halides is 2. The van der Waals surface area contributed by atoms with Crippen molar-refractivity contribution in [1.29, 1.82) is 0 Å². The number of isocyanates is 1. The lowest BCUT2D eigenvalue weighted by Crippen LogP contribution is -2.31. The summed E-state index contributed by atoms with van der Waals surface area (Å²) in [5.41, 5.74) is -0.315. The summed E-state index contributed by atoms with van der Waals surface area (Å²) in [4.78, 5) is 25.1. The fraction of sp³-hybridized carbons (Fsp3) is 0.400. The van der Waals surface area contributed by atoms with Crippen LogP contribution in [0.1, 0.15) is 16.1 Å². The molecule has 1 aromatic rings. The smallest absolute Gasteiger partial charge is 0.387 e. The van der Waals surface area contributed by atoms with Crippen LogP contribution in [-0.4, -0.2) is 31.6 Å². The number of hydrogen-bond donors (Lipinski definition) is 0. The fourth-order valence-corrected chi connectivity index (χ4v) is 2.09. The van der Waals surface area contributed by atoms with Crippen LogP contribution in [0.2, 0.25) is 0 Å². The molecule has 0 aliphatic carbocycles. The van der Waals surface area contributed by atoms with Crippen molar-refractivity contribution in [2.24, 2.45) is 4.99 Å². The van der Waals surface area contributed by atoms with Crippen LogP contribution < -0.4 is 4.74 Å². The summed E-state index contributed by atoms with van der Waals surface area (Å²) in [6.45, 7) is -2.60. The van der Waals surface area contributed by atoms with Crippen LogP contribution in [0, 0.1) is 0 Å². The van der Waals surface area contributed by atoms with E-state index < -0.39 is 18.9 Å². The highest BCUT2D eigenvalue weighted by atomic mass is 32.1. The quantitative estimate of drug-likeness (QED) is 0.472. The van der Waals surface area contributed by atoms with Gasteiger partial charge in [0.05, 0.1) is 6.61 Å². The number of halogens is 2. The molecular weight excluding hydrogens is 284 g/mol. The van der Waals surface area contributed by atoms with Crippen molar-refractivity contribution in [3.8, 4) is 5.75 Å². The topological polar surface area (TPSA) is 74.2 Å². The van der Waals surface area contributed by atoms with Gasteiger partial charge in [-0.1, -0.05) is 0 Å². The summed E-state index contributed by atoms with van der Waals surface area (Å²) in [6, 6.07) is 0. The third kappa shape index (κ3) is 3.14. The molecule has 1 aliphatic heterocycles. The Bertz CT molecular complexity index is 522. The van der Waals surface area contributed by atoms with E-state index in [1.54, 1.807) is 0 Å². The molecular formula is C10H7F2NO5S. The van der Waals surface area contributed by atoms with Gasteiger partial charge in [0.15, 0.2) is 5.75 Å². The number of ether oxygens (including phenoxy) is 3. The van der Waals surface area contributed by atoms with Crippen LogP contribution in [0.25, 0.3) is 0 Å². The molecule has 1 aromatic heterocycles. The molecule has 1 atom stereocenters. The summed E-state index contributed by atoms with van der Waals surface area (Å²) in [7, 11) is 0. The SMILES string of the molecule is O=C=Nc1c(OC(F)F)csc1C(=O)OC1CCO1. The summed E-state index contributed by atoms with van der Waals surface area (Å²) in [6.07, 6.45) is 1.09. The molecule has 1 aliphatic rings. The molecule has 0 amide bonds. The predicted molar refractivity (Wildman–Crippen MR) is 58.5 cm³/mol. The Hall–Kier alpha value is -1.83. The molecule has 1 saturated heterocycles. The van der Waals surface area contributed by atoms with Crippen molar-refractivity contribution in [1.82, 2.24) is 0 Å². The van der Waals surface area contributed by atoms with E-state index in [1.807, 2.05) is 0 Å². The zero-order valence-electron chi connectivity index (χ0n) is 9.30. The normalized spacial score (nSPS) is 17.5. The van der Waals surface area contributed by atoms with E-state index in [0.717, 1.165) is 16.7 Å². The van der Waals surface area contributed by atoms with Gasteiger partial charge in [-0.2, -0.15) is 13.8 Å². The monoisotopic (exact) mass is 291 g/mol. The number of aliphatic imine (C=N–C) groups is 1. The van der Waals surface area contributed by atoms with Crippen molar-refractivity contribution in [3.05, 3.63) is 10.3 Å². The maximum Gasteiger partial charge on any atom is 0.387 e. The number of esters is 1. The molecule has 9 heteroatoms. The minimum atomic E-state index is -3.09. The third-order valence-corrected chi connectivity index (χ3v) is 3.11. The Labute approximate surface area is 109 Å². The van der Waals surface area contributed by atoms with E-state index in [4.69, 9.17) is 9.47 Å². The Kier molecular flexibility index (Phi) is 4.20. The highest BCUT2D eigenvalue weighted by Crippen LogP contribution is 2.39. The summed E-state index contributed by atoms with van der Waals surface area (Å²) < 4.78 is 38.2. The molecule has 1 fully saturated rings. The zero-order valence-corrected chi connectivity index (χ0v) is 10.1. The molecule has 2 rings (SSSR count). The molecule has 0 spiro atoms. The van der Waals surface area contributed by atoms with Gasteiger partial charge in [0.1, 0.15) is 10.6 Å². The number of hydrogen-bond acceptors (Lipinski definition) is 7. The average Bonchev–Trinajstić information content (AvgIpc) is 2.67.